The van der Waals surface area contributed by atoms with Crippen molar-refractivity contribution in [1.82, 2.24) is 9.80 Å². The highest BCUT2D eigenvalue weighted by Gasteiger charge is 2.34. The molecule has 0 aliphatic carbocycles. The first-order chi connectivity index (χ1) is 9.11. The van der Waals surface area contributed by atoms with Gasteiger partial charge in [-0.2, -0.15) is 0 Å². The number of hydrogen-bond acceptors (Lipinski definition) is 2. The quantitative estimate of drug-likeness (QED) is 0.812. The summed E-state index contributed by atoms with van der Waals surface area (Å²) in [5.74, 6) is -0.968. The summed E-state index contributed by atoms with van der Waals surface area (Å²) < 4.78 is 26.5. The minimum absolute atomic E-state index is 0.445. The van der Waals surface area contributed by atoms with E-state index in [1.807, 2.05) is 0 Å². The Hall–Kier alpha value is -1.00. The van der Waals surface area contributed by atoms with Crippen molar-refractivity contribution in [2.24, 2.45) is 0 Å². The average Bonchev–Trinajstić information content (AvgIpc) is 2.75. The average molecular weight is 266 g/mol. The molecule has 2 saturated heterocycles. The zero-order valence-electron chi connectivity index (χ0n) is 11.3. The van der Waals surface area contributed by atoms with Crippen molar-refractivity contribution in [2.75, 3.05) is 19.6 Å². The van der Waals surface area contributed by atoms with E-state index in [4.69, 9.17) is 0 Å². The van der Waals surface area contributed by atoms with Gasteiger partial charge in [0.25, 0.3) is 0 Å². The van der Waals surface area contributed by atoms with E-state index in [9.17, 15) is 8.78 Å². The number of halogens is 2. The van der Waals surface area contributed by atoms with Gasteiger partial charge in [-0.15, -0.1) is 0 Å². The second-order valence-corrected chi connectivity index (χ2v) is 5.85. The normalized spacial score (nSPS) is 28.6. The van der Waals surface area contributed by atoms with Crippen LogP contribution >= 0.6 is 0 Å². The van der Waals surface area contributed by atoms with Gasteiger partial charge in [-0.05, 0) is 44.0 Å². The van der Waals surface area contributed by atoms with Crippen molar-refractivity contribution < 1.29 is 8.78 Å². The second-order valence-electron chi connectivity index (χ2n) is 5.85. The molecule has 2 fully saturated rings. The SMILES string of the molecule is C[C@@H]1CN2CCC[C@H]2CN1Cc1cc(F)cc(F)c1. The Morgan fingerprint density at radius 1 is 1.16 bits per heavy atom. The number of fused-ring (bicyclic) bond motifs is 1. The lowest BCUT2D eigenvalue weighted by atomic mass is 10.1. The Morgan fingerprint density at radius 2 is 1.89 bits per heavy atom. The van der Waals surface area contributed by atoms with Crippen molar-refractivity contribution in [3.63, 3.8) is 0 Å². The molecule has 0 radical (unpaired) electrons. The Bertz CT molecular complexity index is 443. The van der Waals surface area contributed by atoms with Gasteiger partial charge in [0.05, 0.1) is 0 Å². The molecular formula is C15H20F2N2. The zero-order chi connectivity index (χ0) is 13.4. The third-order valence-electron chi connectivity index (χ3n) is 4.37. The molecule has 0 spiro atoms. The topological polar surface area (TPSA) is 6.48 Å². The van der Waals surface area contributed by atoms with E-state index in [0.717, 1.165) is 24.7 Å². The van der Waals surface area contributed by atoms with E-state index >= 15 is 0 Å². The molecule has 0 saturated carbocycles. The molecule has 2 nitrogen and oxygen atoms in total. The molecule has 0 unspecified atom stereocenters. The van der Waals surface area contributed by atoms with Gasteiger partial charge in [0.15, 0.2) is 0 Å². The summed E-state index contributed by atoms with van der Waals surface area (Å²) in [6, 6.07) is 4.89. The predicted molar refractivity (Wildman–Crippen MR) is 70.8 cm³/mol. The zero-order valence-corrected chi connectivity index (χ0v) is 11.3. The lowest BCUT2D eigenvalue weighted by Gasteiger charge is -2.42. The summed E-state index contributed by atoms with van der Waals surface area (Å²) in [5, 5.41) is 0. The van der Waals surface area contributed by atoms with Crippen molar-refractivity contribution in [3.8, 4) is 0 Å². The van der Waals surface area contributed by atoms with Crippen LogP contribution in [0.1, 0.15) is 25.3 Å². The van der Waals surface area contributed by atoms with Gasteiger partial charge in [0.1, 0.15) is 11.6 Å². The molecule has 104 valence electrons. The van der Waals surface area contributed by atoms with Gasteiger partial charge in [0, 0.05) is 37.8 Å². The van der Waals surface area contributed by atoms with Crippen LogP contribution in [0.15, 0.2) is 18.2 Å². The molecule has 19 heavy (non-hydrogen) atoms. The monoisotopic (exact) mass is 266 g/mol. The largest absolute Gasteiger partial charge is 0.298 e. The maximum Gasteiger partial charge on any atom is 0.126 e. The minimum Gasteiger partial charge on any atom is -0.298 e. The molecule has 3 rings (SSSR count). The highest BCUT2D eigenvalue weighted by atomic mass is 19.1. The van der Waals surface area contributed by atoms with Crippen LogP contribution in [-0.4, -0.2) is 41.5 Å². The van der Waals surface area contributed by atoms with Crippen molar-refractivity contribution in [2.45, 2.75) is 38.4 Å². The van der Waals surface area contributed by atoms with Gasteiger partial charge in [-0.1, -0.05) is 0 Å². The van der Waals surface area contributed by atoms with Crippen LogP contribution in [0.5, 0.6) is 0 Å². The third-order valence-corrected chi connectivity index (χ3v) is 4.37. The Morgan fingerprint density at radius 3 is 2.63 bits per heavy atom. The summed E-state index contributed by atoms with van der Waals surface area (Å²) in [4.78, 5) is 4.90. The molecule has 0 amide bonds. The summed E-state index contributed by atoms with van der Waals surface area (Å²) in [7, 11) is 0. The van der Waals surface area contributed by atoms with Gasteiger partial charge >= 0.3 is 0 Å². The number of piperazine rings is 1. The van der Waals surface area contributed by atoms with Crippen LogP contribution in [0.2, 0.25) is 0 Å². The van der Waals surface area contributed by atoms with Crippen molar-refractivity contribution in [3.05, 3.63) is 35.4 Å². The Balaban J connectivity index is 1.71. The van der Waals surface area contributed by atoms with E-state index in [1.54, 1.807) is 0 Å². The number of hydrogen-bond donors (Lipinski definition) is 0. The molecule has 4 heteroatoms. The van der Waals surface area contributed by atoms with Crippen LogP contribution in [0.4, 0.5) is 8.78 Å². The van der Waals surface area contributed by atoms with Gasteiger partial charge in [0.2, 0.25) is 0 Å². The Labute approximate surface area is 113 Å². The summed E-state index contributed by atoms with van der Waals surface area (Å²) in [6.45, 7) is 6.13. The van der Waals surface area contributed by atoms with Crippen LogP contribution in [0.3, 0.4) is 0 Å². The van der Waals surface area contributed by atoms with E-state index in [1.165, 1.54) is 31.5 Å². The summed E-state index contributed by atoms with van der Waals surface area (Å²) in [5.41, 5.74) is 0.732. The first-order valence-electron chi connectivity index (χ1n) is 7.05. The number of benzene rings is 1. The molecule has 0 aromatic heterocycles. The molecule has 2 atom stereocenters. The molecule has 0 N–H and O–H groups in total. The number of nitrogens with zero attached hydrogens (tertiary/aromatic N) is 2. The highest BCUT2D eigenvalue weighted by Crippen LogP contribution is 2.25. The number of rotatable bonds is 2. The highest BCUT2D eigenvalue weighted by molar-refractivity contribution is 5.18. The van der Waals surface area contributed by atoms with E-state index in [2.05, 4.69) is 16.7 Å². The Kier molecular flexibility index (Phi) is 3.54. The maximum atomic E-state index is 13.2. The standard InChI is InChI=1S/C15H20F2N2/c1-11-8-18-4-2-3-15(18)10-19(11)9-12-5-13(16)7-14(17)6-12/h5-7,11,15H,2-4,8-10H2,1H3/t11-,15+/m1/s1. The van der Waals surface area contributed by atoms with Crippen LogP contribution < -0.4 is 0 Å². The minimum atomic E-state index is -0.484. The lowest BCUT2D eigenvalue weighted by Crippen LogP contribution is -2.54. The maximum absolute atomic E-state index is 13.2. The fourth-order valence-electron chi connectivity index (χ4n) is 3.40. The van der Waals surface area contributed by atoms with Crippen molar-refractivity contribution >= 4 is 0 Å². The first-order valence-corrected chi connectivity index (χ1v) is 7.05. The third kappa shape index (κ3) is 2.79. The molecule has 0 bridgehead atoms. The van der Waals surface area contributed by atoms with Crippen molar-refractivity contribution in [1.29, 1.82) is 0 Å². The molecule has 2 aliphatic rings. The van der Waals surface area contributed by atoms with Gasteiger partial charge < -0.3 is 0 Å². The summed E-state index contributed by atoms with van der Waals surface area (Å²) in [6.07, 6.45) is 2.53. The van der Waals surface area contributed by atoms with Gasteiger partial charge in [-0.25, -0.2) is 8.78 Å². The second kappa shape index (κ2) is 5.17. The molecule has 1 aromatic rings. The van der Waals surface area contributed by atoms with Crippen LogP contribution in [0.25, 0.3) is 0 Å². The first kappa shape index (κ1) is 13.0. The fourth-order valence-corrected chi connectivity index (χ4v) is 3.40. The predicted octanol–water partition coefficient (Wildman–Crippen LogP) is 2.63. The van der Waals surface area contributed by atoms with Crippen LogP contribution in [-0.2, 0) is 6.54 Å². The lowest BCUT2D eigenvalue weighted by molar-refractivity contribution is 0.0539. The molecule has 1 aromatic carbocycles. The van der Waals surface area contributed by atoms with E-state index < -0.39 is 11.6 Å². The molecule has 2 aliphatic heterocycles. The smallest absolute Gasteiger partial charge is 0.126 e. The summed E-state index contributed by atoms with van der Waals surface area (Å²) >= 11 is 0. The van der Waals surface area contributed by atoms with E-state index in [0.29, 0.717) is 18.6 Å². The van der Waals surface area contributed by atoms with Crippen LogP contribution in [0, 0.1) is 11.6 Å². The fraction of sp³-hybridized carbons (Fsp3) is 0.600. The van der Waals surface area contributed by atoms with E-state index in [-0.39, 0.29) is 0 Å². The molecule has 2 heterocycles. The molecular weight excluding hydrogens is 246 g/mol. The van der Waals surface area contributed by atoms with Gasteiger partial charge in [-0.3, -0.25) is 9.80 Å².